The first kappa shape index (κ1) is 62.1. The smallest absolute Gasteiger partial charge is 0.0540 e. The molecule has 0 spiro atoms. The minimum absolute atomic E-state index is 0.307. The van der Waals surface area contributed by atoms with Crippen molar-refractivity contribution < 1.29 is 0 Å². The van der Waals surface area contributed by atoms with Crippen LogP contribution in [0.25, 0.3) is 182 Å². The van der Waals surface area contributed by atoms with Gasteiger partial charge >= 0.3 is 0 Å². The van der Waals surface area contributed by atoms with Crippen molar-refractivity contribution >= 4 is 194 Å². The molecule has 2 nitrogen and oxygen atoms in total. The first-order valence-electron chi connectivity index (χ1n) is 38.4. The molecule has 0 N–H and O–H groups in total. The number of fused-ring (bicyclic) bond motifs is 24. The van der Waals surface area contributed by atoms with Crippen molar-refractivity contribution in [3.8, 4) is 44.5 Å². The lowest BCUT2D eigenvalue weighted by atomic mass is 9.81. The van der Waals surface area contributed by atoms with Gasteiger partial charge in [0.25, 0.3) is 0 Å². The molecule has 2 aromatic heterocycles. The molecule has 2 aliphatic carbocycles. The standard InChI is InChI=1S/C106H68N2S2/c1-105(2)93-55-69(43-47-79(93)89-57-85-75-21-9-5-17-71(75)73-19-7-11-23-77(73)87(85)59-95(89)105)107(67-39-29-61(30-40-67)65-37-51-101-91(53-65)81-25-13-15-27-99(81)109-101)97-49-35-63-34-46-84-98(50-36-64-33-45-83(97)103(63)104(64)84)108(68-41-31-62(32-42-68)66-38-52-102-92(54-66)82-26-14-16-28-100(82)110-102)70-44-48-80-90-58-86-76-22-10-6-18-72(76)74-20-8-12-24-78(74)88(86)60-96(90)106(3,4)94(80)56-70/h5-60H,1-4H3. The normalized spacial score (nSPS) is 13.6. The van der Waals surface area contributed by atoms with Crippen LogP contribution in [-0.2, 0) is 10.8 Å². The van der Waals surface area contributed by atoms with Gasteiger partial charge in [-0.15, -0.1) is 22.7 Å². The highest BCUT2D eigenvalue weighted by Crippen LogP contribution is 2.57. The Kier molecular flexibility index (Phi) is 12.9. The Morgan fingerprint density at radius 3 is 0.882 bits per heavy atom. The summed E-state index contributed by atoms with van der Waals surface area (Å²) in [4.78, 5) is 5.10. The van der Waals surface area contributed by atoms with Crippen LogP contribution >= 0.6 is 22.7 Å². The van der Waals surface area contributed by atoms with Gasteiger partial charge in [-0.1, -0.05) is 246 Å². The summed E-state index contributed by atoms with van der Waals surface area (Å²) in [6, 6.07) is 130. The summed E-state index contributed by atoms with van der Waals surface area (Å²) >= 11 is 3.74. The molecular weight excluding hydrogens is 1370 g/mol. The summed E-state index contributed by atoms with van der Waals surface area (Å²) in [6.07, 6.45) is 0. The van der Waals surface area contributed by atoms with Gasteiger partial charge in [-0.2, -0.15) is 0 Å². The molecule has 0 unspecified atom stereocenters. The monoisotopic (exact) mass is 1430 g/mol. The van der Waals surface area contributed by atoms with Crippen LogP contribution < -0.4 is 9.80 Å². The Hall–Kier alpha value is -13.0. The second kappa shape index (κ2) is 22.8. The fourth-order valence-electron chi connectivity index (χ4n) is 20.0. The Morgan fingerprint density at radius 1 is 0.200 bits per heavy atom. The number of rotatable bonds is 8. The van der Waals surface area contributed by atoms with E-state index in [2.05, 4.69) is 377 Å². The minimum atomic E-state index is -0.307. The highest BCUT2D eigenvalue weighted by atomic mass is 32.1. The maximum Gasteiger partial charge on any atom is 0.0540 e. The molecule has 514 valence electrons. The highest BCUT2D eigenvalue weighted by molar-refractivity contribution is 7.26. The summed E-state index contributed by atoms with van der Waals surface area (Å²) in [6.45, 7) is 9.76. The lowest BCUT2D eigenvalue weighted by Gasteiger charge is -2.31. The van der Waals surface area contributed by atoms with Crippen LogP contribution in [0.4, 0.5) is 34.1 Å². The zero-order chi connectivity index (χ0) is 72.6. The van der Waals surface area contributed by atoms with Gasteiger partial charge in [0.1, 0.15) is 0 Å². The minimum Gasteiger partial charge on any atom is -0.310 e. The summed E-state index contributed by atoms with van der Waals surface area (Å²) in [5, 5.41) is 28.1. The quantitative estimate of drug-likeness (QED) is 0.140. The maximum atomic E-state index is 2.55. The largest absolute Gasteiger partial charge is 0.310 e. The average molecular weight is 1430 g/mol. The Labute approximate surface area is 644 Å². The van der Waals surface area contributed by atoms with E-state index < -0.39 is 0 Å². The molecule has 0 saturated carbocycles. The van der Waals surface area contributed by atoms with Crippen molar-refractivity contribution in [1.29, 1.82) is 0 Å². The second-order valence-corrected chi connectivity index (χ2v) is 33.9. The van der Waals surface area contributed by atoms with Crippen molar-refractivity contribution in [1.82, 2.24) is 0 Å². The van der Waals surface area contributed by atoms with Gasteiger partial charge in [-0.05, 0) is 274 Å². The zero-order valence-corrected chi connectivity index (χ0v) is 62.7. The second-order valence-electron chi connectivity index (χ2n) is 31.8. The third kappa shape index (κ3) is 8.80. The van der Waals surface area contributed by atoms with E-state index >= 15 is 0 Å². The van der Waals surface area contributed by atoms with E-state index in [0.717, 1.165) is 34.1 Å². The molecule has 24 rings (SSSR count). The summed E-state index contributed by atoms with van der Waals surface area (Å²) < 4.78 is 5.26. The number of hydrogen-bond acceptors (Lipinski definition) is 4. The van der Waals surface area contributed by atoms with Crippen molar-refractivity contribution in [2.45, 2.75) is 38.5 Å². The average Bonchev–Trinajstić information content (AvgIpc) is 1.51. The summed E-state index contributed by atoms with van der Waals surface area (Å²) in [7, 11) is 0. The van der Waals surface area contributed by atoms with Gasteiger partial charge in [-0.25, -0.2) is 0 Å². The molecular formula is C106H68N2S2. The molecule has 0 radical (unpaired) electrons. The zero-order valence-electron chi connectivity index (χ0n) is 61.0. The SMILES string of the molecule is CC1(C)c2cc(N(c3ccc(-c4ccc5sc6ccccc6c5c4)cc3)c3ccc4ccc5c(N(c6ccc(-c7ccc8sc9ccccc9c8c7)cc6)c6ccc7c(c6)C(C)(C)c6cc8c9ccccc9c9ccccc9c8cc6-7)ccc6ccc3c4c65)ccc2-c2cc3c4ccccc4c4ccccc4c3cc21. The Bertz CT molecular complexity index is 7320. The van der Waals surface area contributed by atoms with Crippen LogP contribution in [-0.4, -0.2) is 0 Å². The number of thiophene rings is 2. The number of hydrogen-bond donors (Lipinski definition) is 0. The molecule has 4 heteroatoms. The molecule has 0 aliphatic heterocycles. The van der Waals surface area contributed by atoms with Crippen LogP contribution in [0.3, 0.4) is 0 Å². The topological polar surface area (TPSA) is 6.48 Å². The molecule has 2 aliphatic rings. The molecule has 20 aromatic carbocycles. The van der Waals surface area contributed by atoms with Crippen LogP contribution in [0.15, 0.2) is 340 Å². The lowest BCUT2D eigenvalue weighted by Crippen LogP contribution is -2.17. The van der Waals surface area contributed by atoms with Gasteiger partial charge in [0.2, 0.25) is 0 Å². The van der Waals surface area contributed by atoms with Crippen molar-refractivity contribution in [3.63, 3.8) is 0 Å². The molecule has 0 amide bonds. The fourth-order valence-corrected chi connectivity index (χ4v) is 22.1. The predicted molar refractivity (Wildman–Crippen MR) is 476 cm³/mol. The number of nitrogens with zero attached hydrogens (tertiary/aromatic N) is 2. The van der Waals surface area contributed by atoms with E-state index in [1.807, 2.05) is 22.7 Å². The van der Waals surface area contributed by atoms with Gasteiger partial charge in [0, 0.05) is 84.7 Å². The van der Waals surface area contributed by atoms with Crippen molar-refractivity contribution in [2.75, 3.05) is 9.80 Å². The highest BCUT2D eigenvalue weighted by Gasteiger charge is 2.39. The molecule has 2 heterocycles. The Balaban J connectivity index is 0.689. The van der Waals surface area contributed by atoms with Crippen LogP contribution in [0.2, 0.25) is 0 Å². The van der Waals surface area contributed by atoms with Crippen molar-refractivity contribution in [3.05, 3.63) is 362 Å². The van der Waals surface area contributed by atoms with Crippen LogP contribution in [0.1, 0.15) is 49.9 Å². The predicted octanol–water partition coefficient (Wildman–Crippen LogP) is 31.1. The van der Waals surface area contributed by atoms with Gasteiger partial charge in [0.15, 0.2) is 0 Å². The molecule has 0 atom stereocenters. The summed E-state index contributed by atoms with van der Waals surface area (Å²) in [5.74, 6) is 0. The van der Waals surface area contributed by atoms with Crippen molar-refractivity contribution in [2.24, 2.45) is 0 Å². The van der Waals surface area contributed by atoms with Crippen LogP contribution in [0.5, 0.6) is 0 Å². The van der Waals surface area contributed by atoms with E-state index in [0.29, 0.717) is 0 Å². The molecule has 110 heavy (non-hydrogen) atoms. The Morgan fingerprint density at radius 2 is 0.500 bits per heavy atom. The number of benzene rings is 20. The van der Waals surface area contributed by atoms with E-state index in [4.69, 9.17) is 0 Å². The van der Waals surface area contributed by atoms with Gasteiger partial charge in [0.05, 0.1) is 11.4 Å². The maximum absolute atomic E-state index is 2.55. The third-order valence-corrected chi connectivity index (χ3v) is 27.6. The van der Waals surface area contributed by atoms with Gasteiger partial charge < -0.3 is 9.80 Å². The first-order valence-corrected chi connectivity index (χ1v) is 40.1. The first-order chi connectivity index (χ1) is 54.0. The molecule has 0 bridgehead atoms. The van der Waals surface area contributed by atoms with Gasteiger partial charge in [-0.3, -0.25) is 0 Å². The summed E-state index contributed by atoms with van der Waals surface area (Å²) in [5.41, 5.74) is 21.5. The van der Waals surface area contributed by atoms with E-state index in [1.54, 1.807) is 0 Å². The lowest BCUT2D eigenvalue weighted by molar-refractivity contribution is 0.661. The fraction of sp³-hybridized carbons (Fsp3) is 0.0566. The molecule has 0 saturated heterocycles. The van der Waals surface area contributed by atoms with E-state index in [-0.39, 0.29) is 10.8 Å². The molecule has 0 fully saturated rings. The van der Waals surface area contributed by atoms with E-state index in [1.165, 1.54) is 204 Å². The number of anilines is 6. The van der Waals surface area contributed by atoms with E-state index in [9.17, 15) is 0 Å². The molecule has 22 aromatic rings. The third-order valence-electron chi connectivity index (χ3n) is 25.3. The van der Waals surface area contributed by atoms with Crippen LogP contribution in [0, 0.1) is 0 Å².